The van der Waals surface area contributed by atoms with Crippen LogP contribution < -0.4 is 0 Å². The predicted molar refractivity (Wildman–Crippen MR) is 277 cm³/mol. The van der Waals surface area contributed by atoms with Crippen LogP contribution in [-0.4, -0.2) is 19.5 Å². The van der Waals surface area contributed by atoms with Gasteiger partial charge in [0.2, 0.25) is 0 Å². The SMILES string of the molecule is c1ccc(-c2ccc(-c3nc(-c4ccc(-c5ccc6ccccc6c5)cc4)nc(-c4ccc(-c5cccc6c5sc5ccccc56)cc4)n3)cc2-n2c3ccccc3c3ccccc32)cc1. The molecule has 308 valence electrons. The molecule has 3 heterocycles. The van der Waals surface area contributed by atoms with Gasteiger partial charge in [0.1, 0.15) is 0 Å². The molecule has 13 aromatic rings. The molecule has 10 aromatic carbocycles. The maximum absolute atomic E-state index is 5.29. The maximum atomic E-state index is 5.29. The first kappa shape index (κ1) is 38.0. The van der Waals surface area contributed by atoms with Gasteiger partial charge in [0.05, 0.1) is 16.7 Å². The summed E-state index contributed by atoms with van der Waals surface area (Å²) in [5.41, 5.74) is 13.0. The molecule has 0 amide bonds. The number of hydrogen-bond acceptors (Lipinski definition) is 4. The largest absolute Gasteiger partial charge is 0.309 e. The van der Waals surface area contributed by atoms with E-state index in [9.17, 15) is 0 Å². The van der Waals surface area contributed by atoms with Crippen LogP contribution in [0.3, 0.4) is 0 Å². The van der Waals surface area contributed by atoms with Crippen LogP contribution in [0.1, 0.15) is 0 Å². The van der Waals surface area contributed by atoms with Gasteiger partial charge >= 0.3 is 0 Å². The van der Waals surface area contributed by atoms with E-state index in [2.05, 4.69) is 235 Å². The van der Waals surface area contributed by atoms with Gasteiger partial charge in [-0.15, -0.1) is 11.3 Å². The van der Waals surface area contributed by atoms with Crippen LogP contribution >= 0.6 is 11.3 Å². The van der Waals surface area contributed by atoms with Crippen molar-refractivity contribution in [1.29, 1.82) is 0 Å². The lowest BCUT2D eigenvalue weighted by molar-refractivity contribution is 1.07. The van der Waals surface area contributed by atoms with Gasteiger partial charge in [-0.05, 0) is 68.9 Å². The second kappa shape index (κ2) is 15.6. The smallest absolute Gasteiger partial charge is 0.164 e. The van der Waals surface area contributed by atoms with Crippen LogP contribution in [-0.2, 0) is 0 Å². The molecule has 0 N–H and O–H groups in total. The van der Waals surface area contributed by atoms with Crippen molar-refractivity contribution in [3.63, 3.8) is 0 Å². The van der Waals surface area contributed by atoms with Crippen LogP contribution in [0.25, 0.3) is 126 Å². The molecule has 0 bridgehead atoms. The molecule has 0 atom stereocenters. The van der Waals surface area contributed by atoms with Crippen molar-refractivity contribution in [1.82, 2.24) is 19.5 Å². The number of hydrogen-bond donors (Lipinski definition) is 0. The minimum absolute atomic E-state index is 0.606. The third-order valence-electron chi connectivity index (χ3n) is 12.9. The standard InChI is InChI=1S/C61H38N4S/c1-2-14-41(15-3-1)48-36-35-47(38-56(48)65-54-22-9-6-17-50(54)51-18-7-10-23-55(51)65)61-63-59(43-30-25-40(26-31-43)46-34-27-39-13-4-5-16-45(39)37-46)62-60(64-61)44-32-28-42(29-33-44)49-20-12-21-53-52-19-8-11-24-57(52)66-58(49)53/h1-38H. The minimum atomic E-state index is 0.606. The third kappa shape index (κ3) is 6.48. The molecule has 4 nitrogen and oxygen atoms in total. The van der Waals surface area contributed by atoms with Gasteiger partial charge < -0.3 is 4.57 Å². The Labute approximate surface area is 385 Å². The summed E-state index contributed by atoms with van der Waals surface area (Å²) in [4.78, 5) is 15.8. The fraction of sp³-hybridized carbons (Fsp3) is 0. The second-order valence-corrected chi connectivity index (χ2v) is 17.8. The Balaban J connectivity index is 0.972. The summed E-state index contributed by atoms with van der Waals surface area (Å²) < 4.78 is 4.98. The Hall–Kier alpha value is -8.51. The van der Waals surface area contributed by atoms with Crippen LogP contribution in [0.15, 0.2) is 231 Å². The Morgan fingerprint density at radius 2 is 0.818 bits per heavy atom. The van der Waals surface area contributed by atoms with Gasteiger partial charge in [0.25, 0.3) is 0 Å². The Morgan fingerprint density at radius 3 is 1.53 bits per heavy atom. The molecule has 0 radical (unpaired) electrons. The fourth-order valence-corrected chi connectivity index (χ4v) is 10.9. The van der Waals surface area contributed by atoms with E-state index in [1.54, 1.807) is 0 Å². The summed E-state index contributed by atoms with van der Waals surface area (Å²) in [5.74, 6) is 1.84. The van der Waals surface area contributed by atoms with E-state index in [0.717, 1.165) is 55.7 Å². The van der Waals surface area contributed by atoms with Crippen molar-refractivity contribution in [3.8, 4) is 73.2 Å². The highest BCUT2D eigenvalue weighted by Gasteiger charge is 2.19. The van der Waals surface area contributed by atoms with Crippen LogP contribution in [0.2, 0.25) is 0 Å². The van der Waals surface area contributed by atoms with Crippen molar-refractivity contribution >= 4 is 64.1 Å². The first-order valence-electron chi connectivity index (χ1n) is 22.3. The molecule has 0 unspecified atom stereocenters. The van der Waals surface area contributed by atoms with E-state index in [0.29, 0.717) is 17.5 Å². The summed E-state index contributed by atoms with van der Waals surface area (Å²) in [6.45, 7) is 0. The lowest BCUT2D eigenvalue weighted by atomic mass is 9.99. The highest BCUT2D eigenvalue weighted by molar-refractivity contribution is 7.26. The van der Waals surface area contributed by atoms with Gasteiger partial charge in [-0.2, -0.15) is 0 Å². The van der Waals surface area contributed by atoms with Gasteiger partial charge in [-0.25, -0.2) is 15.0 Å². The summed E-state index contributed by atoms with van der Waals surface area (Å²) in [6.07, 6.45) is 0. The lowest BCUT2D eigenvalue weighted by Crippen LogP contribution is -2.02. The molecule has 0 aliphatic heterocycles. The fourth-order valence-electron chi connectivity index (χ4n) is 9.62. The summed E-state index contributed by atoms with van der Waals surface area (Å²) in [7, 11) is 0. The second-order valence-electron chi connectivity index (χ2n) is 16.8. The summed E-state index contributed by atoms with van der Waals surface area (Å²) in [5, 5.41) is 7.45. The number of aromatic nitrogens is 4. The molecule has 0 fully saturated rings. The highest BCUT2D eigenvalue weighted by Crippen LogP contribution is 2.41. The first-order chi connectivity index (χ1) is 32.7. The number of para-hydroxylation sites is 2. The van der Waals surface area contributed by atoms with E-state index in [1.165, 1.54) is 52.8 Å². The number of rotatable bonds is 7. The van der Waals surface area contributed by atoms with Crippen LogP contribution in [0.4, 0.5) is 0 Å². The molecule has 0 aliphatic rings. The van der Waals surface area contributed by atoms with Gasteiger partial charge in [0.15, 0.2) is 17.5 Å². The average Bonchev–Trinajstić information content (AvgIpc) is 3.95. The molecule has 0 saturated carbocycles. The molecule has 13 rings (SSSR count). The molecule has 0 spiro atoms. The zero-order valence-corrected chi connectivity index (χ0v) is 36.5. The van der Waals surface area contributed by atoms with E-state index < -0.39 is 0 Å². The molecular formula is C61H38N4S. The summed E-state index contributed by atoms with van der Waals surface area (Å²) >= 11 is 1.85. The van der Waals surface area contributed by atoms with Gasteiger partial charge in [-0.1, -0.05) is 200 Å². The highest BCUT2D eigenvalue weighted by atomic mass is 32.1. The first-order valence-corrected chi connectivity index (χ1v) is 23.1. The molecule has 0 aliphatic carbocycles. The van der Waals surface area contributed by atoms with Gasteiger partial charge in [-0.3, -0.25) is 0 Å². The van der Waals surface area contributed by atoms with Crippen LogP contribution in [0, 0.1) is 0 Å². The Morgan fingerprint density at radius 1 is 0.303 bits per heavy atom. The van der Waals surface area contributed by atoms with Crippen molar-refractivity contribution < 1.29 is 0 Å². The predicted octanol–water partition coefficient (Wildman–Crippen LogP) is 16.5. The van der Waals surface area contributed by atoms with E-state index in [4.69, 9.17) is 15.0 Å². The van der Waals surface area contributed by atoms with E-state index in [-0.39, 0.29) is 0 Å². The topological polar surface area (TPSA) is 43.6 Å². The third-order valence-corrected chi connectivity index (χ3v) is 14.1. The lowest BCUT2D eigenvalue weighted by Gasteiger charge is -2.16. The van der Waals surface area contributed by atoms with E-state index >= 15 is 0 Å². The molecular weight excluding hydrogens is 821 g/mol. The van der Waals surface area contributed by atoms with Crippen molar-refractivity contribution in [2.45, 2.75) is 0 Å². The number of thiophene rings is 1. The van der Waals surface area contributed by atoms with Crippen LogP contribution in [0.5, 0.6) is 0 Å². The normalized spacial score (nSPS) is 11.6. The van der Waals surface area contributed by atoms with Crippen molar-refractivity contribution in [3.05, 3.63) is 231 Å². The number of nitrogens with zero attached hydrogens (tertiary/aromatic N) is 4. The van der Waals surface area contributed by atoms with Crippen molar-refractivity contribution in [2.24, 2.45) is 0 Å². The van der Waals surface area contributed by atoms with Gasteiger partial charge in [0, 0.05) is 53.2 Å². The molecule has 0 saturated heterocycles. The monoisotopic (exact) mass is 858 g/mol. The Kier molecular flexibility index (Phi) is 9.00. The molecule has 3 aromatic heterocycles. The molecule has 5 heteroatoms. The van der Waals surface area contributed by atoms with Crippen molar-refractivity contribution in [2.75, 3.05) is 0 Å². The quantitative estimate of drug-likeness (QED) is 0.160. The van der Waals surface area contributed by atoms with E-state index in [1.807, 2.05) is 11.3 Å². The number of fused-ring (bicyclic) bond motifs is 7. The maximum Gasteiger partial charge on any atom is 0.164 e. The molecule has 66 heavy (non-hydrogen) atoms. The Bertz CT molecular complexity index is 3930. The number of benzene rings is 10. The zero-order chi connectivity index (χ0) is 43.6. The zero-order valence-electron chi connectivity index (χ0n) is 35.6. The minimum Gasteiger partial charge on any atom is -0.309 e. The average molecular weight is 859 g/mol. The summed E-state index contributed by atoms with van der Waals surface area (Å²) in [6, 6.07) is 82.3.